The minimum atomic E-state index is 0.377. The molecule has 15 heavy (non-hydrogen) atoms. The highest BCUT2D eigenvalue weighted by atomic mass is 16.5. The third kappa shape index (κ3) is 1.29. The summed E-state index contributed by atoms with van der Waals surface area (Å²) in [6.45, 7) is 9.35. The molecule has 0 spiro atoms. The molecule has 1 saturated carbocycles. The van der Waals surface area contributed by atoms with Crippen molar-refractivity contribution in [3.05, 3.63) is 29.8 Å². The number of rotatable bonds is 2. The van der Waals surface area contributed by atoms with E-state index in [0.29, 0.717) is 16.7 Å². The number of benzene rings is 1. The summed E-state index contributed by atoms with van der Waals surface area (Å²) in [7, 11) is 1.75. The van der Waals surface area contributed by atoms with Gasteiger partial charge in [-0.1, -0.05) is 45.9 Å². The Balaban J connectivity index is 2.41. The summed E-state index contributed by atoms with van der Waals surface area (Å²) in [5.41, 5.74) is 2.11. The van der Waals surface area contributed by atoms with Gasteiger partial charge in [-0.15, -0.1) is 0 Å². The summed E-state index contributed by atoms with van der Waals surface area (Å²) in [6.07, 6.45) is 0. The molecule has 1 aromatic carbocycles. The van der Waals surface area contributed by atoms with Crippen LogP contribution in [0.25, 0.3) is 0 Å². The van der Waals surface area contributed by atoms with Gasteiger partial charge in [0.1, 0.15) is 5.75 Å². The lowest BCUT2D eigenvalue weighted by Crippen LogP contribution is -1.95. The van der Waals surface area contributed by atoms with E-state index in [9.17, 15) is 0 Å². The molecule has 0 aromatic heterocycles. The van der Waals surface area contributed by atoms with E-state index < -0.39 is 0 Å². The molecule has 0 amide bonds. The predicted octanol–water partition coefficient (Wildman–Crippen LogP) is 3.84. The Bertz CT molecular complexity index is 363. The van der Waals surface area contributed by atoms with Crippen LogP contribution in [0.4, 0.5) is 0 Å². The Kier molecular flexibility index (Phi) is 2.11. The maximum atomic E-state index is 5.43. The van der Waals surface area contributed by atoms with Crippen LogP contribution < -0.4 is 4.74 Å². The van der Waals surface area contributed by atoms with Crippen LogP contribution in [0.3, 0.4) is 0 Å². The first-order valence-corrected chi connectivity index (χ1v) is 5.56. The quantitative estimate of drug-likeness (QED) is 0.711. The second-order valence-electron chi connectivity index (χ2n) is 5.62. The van der Waals surface area contributed by atoms with E-state index in [4.69, 9.17) is 4.74 Å². The zero-order valence-electron chi connectivity index (χ0n) is 10.3. The molecule has 1 nitrogen and oxygen atoms in total. The SMILES string of the molecule is COc1ccccc1C1C(C)(C)C1(C)C. The molecule has 0 atom stereocenters. The molecular weight excluding hydrogens is 184 g/mol. The molecule has 82 valence electrons. The predicted molar refractivity (Wildman–Crippen MR) is 63.3 cm³/mol. The van der Waals surface area contributed by atoms with Crippen LogP contribution in [0.2, 0.25) is 0 Å². The van der Waals surface area contributed by atoms with Crippen molar-refractivity contribution in [1.82, 2.24) is 0 Å². The lowest BCUT2D eigenvalue weighted by Gasteiger charge is -2.09. The third-order valence-electron chi connectivity index (χ3n) is 4.47. The highest BCUT2D eigenvalue weighted by Crippen LogP contribution is 2.74. The molecule has 0 unspecified atom stereocenters. The number of hydrogen-bond donors (Lipinski definition) is 0. The number of ether oxygens (including phenoxy) is 1. The van der Waals surface area contributed by atoms with Crippen molar-refractivity contribution in [3.8, 4) is 5.75 Å². The first kappa shape index (κ1) is 10.5. The van der Waals surface area contributed by atoms with Gasteiger partial charge in [0.15, 0.2) is 0 Å². The van der Waals surface area contributed by atoms with Gasteiger partial charge >= 0.3 is 0 Å². The van der Waals surface area contributed by atoms with Crippen LogP contribution in [-0.4, -0.2) is 7.11 Å². The molecule has 0 heterocycles. The fourth-order valence-electron chi connectivity index (χ4n) is 2.88. The van der Waals surface area contributed by atoms with Gasteiger partial charge in [-0.25, -0.2) is 0 Å². The fraction of sp³-hybridized carbons (Fsp3) is 0.571. The maximum absolute atomic E-state index is 5.43. The Morgan fingerprint density at radius 2 is 1.53 bits per heavy atom. The van der Waals surface area contributed by atoms with Crippen LogP contribution in [0, 0.1) is 10.8 Å². The van der Waals surface area contributed by atoms with Crippen LogP contribution in [0.5, 0.6) is 5.75 Å². The van der Waals surface area contributed by atoms with Crippen molar-refractivity contribution in [3.63, 3.8) is 0 Å². The molecule has 0 bridgehead atoms. The topological polar surface area (TPSA) is 9.23 Å². The third-order valence-corrected chi connectivity index (χ3v) is 4.47. The summed E-state index contributed by atoms with van der Waals surface area (Å²) < 4.78 is 5.43. The van der Waals surface area contributed by atoms with E-state index in [-0.39, 0.29) is 0 Å². The van der Waals surface area contributed by atoms with Crippen molar-refractivity contribution in [2.24, 2.45) is 10.8 Å². The van der Waals surface area contributed by atoms with Gasteiger partial charge in [0.25, 0.3) is 0 Å². The zero-order valence-corrected chi connectivity index (χ0v) is 10.3. The van der Waals surface area contributed by atoms with E-state index in [0.717, 1.165) is 5.75 Å². The van der Waals surface area contributed by atoms with Crippen LogP contribution in [-0.2, 0) is 0 Å². The Morgan fingerprint density at radius 3 is 2.00 bits per heavy atom. The van der Waals surface area contributed by atoms with Gasteiger partial charge in [-0.3, -0.25) is 0 Å². The Morgan fingerprint density at radius 1 is 1.00 bits per heavy atom. The summed E-state index contributed by atoms with van der Waals surface area (Å²) in [4.78, 5) is 0. The average molecular weight is 204 g/mol. The largest absolute Gasteiger partial charge is 0.496 e. The van der Waals surface area contributed by atoms with Crippen molar-refractivity contribution >= 4 is 0 Å². The monoisotopic (exact) mass is 204 g/mol. The second kappa shape index (κ2) is 3.01. The highest BCUT2D eigenvalue weighted by molar-refractivity contribution is 5.44. The minimum Gasteiger partial charge on any atom is -0.496 e. The van der Waals surface area contributed by atoms with E-state index in [1.165, 1.54) is 5.56 Å². The smallest absolute Gasteiger partial charge is 0.122 e. The minimum absolute atomic E-state index is 0.377. The van der Waals surface area contributed by atoms with Crippen LogP contribution in [0.1, 0.15) is 39.2 Å². The lowest BCUT2D eigenvalue weighted by atomic mass is 10.0. The molecular formula is C14H20O. The molecule has 0 radical (unpaired) electrons. The molecule has 2 rings (SSSR count). The van der Waals surface area contributed by atoms with Crippen molar-refractivity contribution < 1.29 is 4.74 Å². The molecule has 1 aliphatic carbocycles. The normalized spacial score (nSPS) is 22.5. The van der Waals surface area contributed by atoms with Gasteiger partial charge in [0, 0.05) is 0 Å². The Hall–Kier alpha value is -0.980. The standard InChI is InChI=1S/C14H20O/c1-13(2)12(14(13,3)4)10-8-6-7-9-11(10)15-5/h6-9,12H,1-5H3. The first-order valence-electron chi connectivity index (χ1n) is 5.56. The molecule has 1 aliphatic rings. The molecule has 1 heteroatoms. The summed E-state index contributed by atoms with van der Waals surface area (Å²) in [6, 6.07) is 8.38. The molecule has 1 fully saturated rings. The van der Waals surface area contributed by atoms with E-state index >= 15 is 0 Å². The van der Waals surface area contributed by atoms with E-state index in [1.807, 2.05) is 6.07 Å². The number of methoxy groups -OCH3 is 1. The van der Waals surface area contributed by atoms with Crippen molar-refractivity contribution in [2.75, 3.05) is 7.11 Å². The number of hydrogen-bond acceptors (Lipinski definition) is 1. The van der Waals surface area contributed by atoms with E-state index in [2.05, 4.69) is 45.9 Å². The van der Waals surface area contributed by atoms with Gasteiger partial charge in [-0.2, -0.15) is 0 Å². The lowest BCUT2D eigenvalue weighted by molar-refractivity contribution is 0.407. The summed E-state index contributed by atoms with van der Waals surface area (Å²) in [5, 5.41) is 0. The molecule has 1 aromatic rings. The van der Waals surface area contributed by atoms with Gasteiger partial charge in [-0.05, 0) is 28.4 Å². The first-order chi connectivity index (χ1) is 6.93. The Labute approximate surface area is 92.5 Å². The van der Waals surface area contributed by atoms with E-state index in [1.54, 1.807) is 7.11 Å². The average Bonchev–Trinajstić information content (AvgIpc) is 2.57. The summed E-state index contributed by atoms with van der Waals surface area (Å²) >= 11 is 0. The van der Waals surface area contributed by atoms with Crippen molar-refractivity contribution in [1.29, 1.82) is 0 Å². The molecule has 0 N–H and O–H groups in total. The fourth-order valence-corrected chi connectivity index (χ4v) is 2.88. The van der Waals surface area contributed by atoms with Gasteiger partial charge in [0.2, 0.25) is 0 Å². The molecule has 0 saturated heterocycles. The second-order valence-corrected chi connectivity index (χ2v) is 5.62. The zero-order chi connectivity index (χ0) is 11.3. The van der Waals surface area contributed by atoms with Crippen LogP contribution in [0.15, 0.2) is 24.3 Å². The highest BCUT2D eigenvalue weighted by Gasteiger charge is 2.65. The van der Waals surface area contributed by atoms with Gasteiger partial charge < -0.3 is 4.74 Å². The number of para-hydroxylation sites is 1. The van der Waals surface area contributed by atoms with Gasteiger partial charge in [0.05, 0.1) is 7.11 Å². The molecule has 0 aliphatic heterocycles. The maximum Gasteiger partial charge on any atom is 0.122 e. The van der Waals surface area contributed by atoms with Crippen molar-refractivity contribution in [2.45, 2.75) is 33.6 Å². The van der Waals surface area contributed by atoms with Crippen LogP contribution >= 0.6 is 0 Å². The summed E-state index contributed by atoms with van der Waals surface area (Å²) in [5.74, 6) is 1.64.